The number of amides is 1. The van der Waals surface area contributed by atoms with Gasteiger partial charge in [0.1, 0.15) is 17.8 Å². The van der Waals surface area contributed by atoms with Crippen molar-refractivity contribution >= 4 is 6.09 Å². The van der Waals surface area contributed by atoms with Gasteiger partial charge in [-0.25, -0.2) is 4.79 Å². The predicted molar refractivity (Wildman–Crippen MR) is 81.1 cm³/mol. The van der Waals surface area contributed by atoms with Crippen molar-refractivity contribution in [3.8, 4) is 0 Å². The molecular weight excluding hydrogens is 270 g/mol. The normalized spacial score (nSPS) is 14.4. The number of rotatable bonds is 4. The fourth-order valence-corrected chi connectivity index (χ4v) is 2.10. The van der Waals surface area contributed by atoms with Crippen LogP contribution in [0, 0.1) is 13.8 Å². The molecule has 0 aliphatic heterocycles. The van der Waals surface area contributed by atoms with Gasteiger partial charge in [0.05, 0.1) is 0 Å². The third kappa shape index (κ3) is 5.36. The van der Waals surface area contributed by atoms with Gasteiger partial charge in [0, 0.05) is 6.54 Å². The fourth-order valence-electron chi connectivity index (χ4n) is 2.10. The van der Waals surface area contributed by atoms with Gasteiger partial charge in [-0.15, -0.1) is 0 Å². The average Bonchev–Trinajstić information content (AvgIpc) is 2.33. The van der Waals surface area contributed by atoms with Crippen LogP contribution in [0.25, 0.3) is 0 Å². The molecule has 0 spiro atoms. The molecule has 0 aliphatic carbocycles. The van der Waals surface area contributed by atoms with E-state index in [4.69, 9.17) is 4.74 Å². The number of ether oxygens (including phenoxy) is 1. The van der Waals surface area contributed by atoms with E-state index in [2.05, 4.69) is 5.32 Å². The van der Waals surface area contributed by atoms with E-state index in [9.17, 15) is 15.0 Å². The van der Waals surface area contributed by atoms with Crippen LogP contribution in [-0.4, -0.2) is 34.6 Å². The molecule has 1 amide bonds. The summed E-state index contributed by atoms with van der Waals surface area (Å²) in [6.45, 7) is 8.95. The summed E-state index contributed by atoms with van der Waals surface area (Å²) in [7, 11) is 0. The number of benzene rings is 1. The second-order valence-corrected chi connectivity index (χ2v) is 6.20. The molecule has 1 aromatic carbocycles. The molecule has 0 radical (unpaired) electrons. The van der Waals surface area contributed by atoms with Crippen molar-refractivity contribution in [2.75, 3.05) is 6.54 Å². The number of nitrogens with one attached hydrogen (secondary N) is 1. The molecule has 5 heteroatoms. The first-order chi connectivity index (χ1) is 9.61. The van der Waals surface area contributed by atoms with E-state index in [1.54, 1.807) is 20.8 Å². The van der Waals surface area contributed by atoms with Crippen LogP contribution >= 0.6 is 0 Å². The molecule has 21 heavy (non-hydrogen) atoms. The molecule has 1 rings (SSSR count). The Morgan fingerprint density at radius 2 is 1.76 bits per heavy atom. The van der Waals surface area contributed by atoms with Gasteiger partial charge in [-0.2, -0.15) is 0 Å². The predicted octanol–water partition coefficient (Wildman–Crippen LogP) is 2.22. The van der Waals surface area contributed by atoms with Gasteiger partial charge in [0.25, 0.3) is 0 Å². The third-order valence-electron chi connectivity index (χ3n) is 3.06. The van der Waals surface area contributed by atoms with Crippen LogP contribution < -0.4 is 5.32 Å². The smallest absolute Gasteiger partial charge is 0.407 e. The number of aliphatic hydroxyl groups excluding tert-OH is 2. The standard InChI is InChI=1S/C16H25NO4/c1-10-7-6-8-11(2)13(10)14(19)12(18)9-17-15(20)21-16(3,4)5/h6-8,12,14,18-19H,9H2,1-5H3,(H,17,20). The Kier molecular flexibility index (Phi) is 5.75. The summed E-state index contributed by atoms with van der Waals surface area (Å²) in [5, 5.41) is 22.8. The minimum atomic E-state index is -1.10. The van der Waals surface area contributed by atoms with E-state index in [-0.39, 0.29) is 6.54 Å². The number of aliphatic hydroxyl groups is 2. The second-order valence-electron chi connectivity index (χ2n) is 6.20. The lowest BCUT2D eigenvalue weighted by molar-refractivity contribution is 0.0124. The summed E-state index contributed by atoms with van der Waals surface area (Å²) < 4.78 is 5.08. The summed E-state index contributed by atoms with van der Waals surface area (Å²) >= 11 is 0. The SMILES string of the molecule is Cc1cccc(C)c1C(O)C(O)CNC(=O)OC(C)(C)C. The van der Waals surface area contributed by atoms with Crippen molar-refractivity contribution in [3.63, 3.8) is 0 Å². The molecule has 118 valence electrons. The van der Waals surface area contributed by atoms with Crippen molar-refractivity contribution < 1.29 is 19.7 Å². The first-order valence-electron chi connectivity index (χ1n) is 7.01. The van der Waals surface area contributed by atoms with Gasteiger partial charge < -0.3 is 20.3 Å². The van der Waals surface area contributed by atoms with Crippen LogP contribution in [0.1, 0.15) is 43.6 Å². The second kappa shape index (κ2) is 6.91. The molecular formula is C16H25NO4. The van der Waals surface area contributed by atoms with E-state index in [0.717, 1.165) is 11.1 Å². The topological polar surface area (TPSA) is 78.8 Å². The highest BCUT2D eigenvalue weighted by atomic mass is 16.6. The lowest BCUT2D eigenvalue weighted by atomic mass is 9.95. The van der Waals surface area contributed by atoms with Gasteiger partial charge >= 0.3 is 6.09 Å². The first kappa shape index (κ1) is 17.5. The fraction of sp³-hybridized carbons (Fsp3) is 0.562. The molecule has 2 unspecified atom stereocenters. The van der Waals surface area contributed by atoms with Gasteiger partial charge in [0.2, 0.25) is 0 Å². The van der Waals surface area contributed by atoms with Gasteiger partial charge in [-0.05, 0) is 51.3 Å². The molecule has 3 N–H and O–H groups in total. The zero-order valence-corrected chi connectivity index (χ0v) is 13.3. The molecule has 0 aromatic heterocycles. The zero-order chi connectivity index (χ0) is 16.2. The van der Waals surface area contributed by atoms with E-state index in [0.29, 0.717) is 5.56 Å². The number of alkyl carbamates (subject to hydrolysis) is 1. The maximum absolute atomic E-state index is 11.5. The quantitative estimate of drug-likeness (QED) is 0.796. The van der Waals surface area contributed by atoms with Crippen molar-refractivity contribution in [2.24, 2.45) is 0 Å². The number of aryl methyl sites for hydroxylation is 2. The summed E-state index contributed by atoms with van der Waals surface area (Å²) in [6, 6.07) is 5.64. The Morgan fingerprint density at radius 1 is 1.24 bits per heavy atom. The molecule has 0 saturated heterocycles. The third-order valence-corrected chi connectivity index (χ3v) is 3.06. The lowest BCUT2D eigenvalue weighted by Crippen LogP contribution is -2.39. The van der Waals surface area contributed by atoms with Crippen LogP contribution in [0.5, 0.6) is 0 Å². The van der Waals surface area contributed by atoms with Crippen molar-refractivity contribution in [3.05, 3.63) is 34.9 Å². The number of hydrogen-bond donors (Lipinski definition) is 3. The molecule has 0 heterocycles. The van der Waals surface area contributed by atoms with Crippen LogP contribution in [0.4, 0.5) is 4.79 Å². The van der Waals surface area contributed by atoms with E-state index in [1.165, 1.54) is 0 Å². The Morgan fingerprint density at radius 3 is 2.24 bits per heavy atom. The van der Waals surface area contributed by atoms with Crippen LogP contribution in [-0.2, 0) is 4.74 Å². The Balaban J connectivity index is 2.63. The highest BCUT2D eigenvalue weighted by molar-refractivity contribution is 5.67. The van der Waals surface area contributed by atoms with Gasteiger partial charge in [0.15, 0.2) is 0 Å². The summed E-state index contributed by atoms with van der Waals surface area (Å²) in [6.07, 6.45) is -2.77. The molecule has 1 aromatic rings. The average molecular weight is 295 g/mol. The molecule has 0 fully saturated rings. The summed E-state index contributed by atoms with van der Waals surface area (Å²) in [4.78, 5) is 11.5. The summed E-state index contributed by atoms with van der Waals surface area (Å²) in [5.74, 6) is 0. The highest BCUT2D eigenvalue weighted by Gasteiger charge is 2.23. The highest BCUT2D eigenvalue weighted by Crippen LogP contribution is 2.24. The number of carbonyl (C=O) groups is 1. The summed E-state index contributed by atoms with van der Waals surface area (Å²) in [5.41, 5.74) is 1.90. The van der Waals surface area contributed by atoms with E-state index in [1.807, 2.05) is 32.0 Å². The molecule has 2 atom stereocenters. The van der Waals surface area contributed by atoms with Crippen molar-refractivity contribution in [2.45, 2.75) is 52.4 Å². The maximum atomic E-state index is 11.5. The Hall–Kier alpha value is -1.59. The zero-order valence-electron chi connectivity index (χ0n) is 13.3. The number of hydrogen-bond acceptors (Lipinski definition) is 4. The molecule has 0 aliphatic rings. The first-order valence-corrected chi connectivity index (χ1v) is 7.01. The minimum absolute atomic E-state index is 0.0795. The Bertz CT molecular complexity index is 473. The molecule has 5 nitrogen and oxygen atoms in total. The van der Waals surface area contributed by atoms with Crippen LogP contribution in [0.3, 0.4) is 0 Å². The van der Waals surface area contributed by atoms with Crippen molar-refractivity contribution in [1.82, 2.24) is 5.32 Å². The van der Waals surface area contributed by atoms with Crippen molar-refractivity contribution in [1.29, 1.82) is 0 Å². The lowest BCUT2D eigenvalue weighted by Gasteiger charge is -2.23. The minimum Gasteiger partial charge on any atom is -0.444 e. The van der Waals surface area contributed by atoms with Gasteiger partial charge in [-0.1, -0.05) is 18.2 Å². The van der Waals surface area contributed by atoms with Gasteiger partial charge in [-0.3, -0.25) is 0 Å². The van der Waals surface area contributed by atoms with E-state index < -0.39 is 23.9 Å². The van der Waals surface area contributed by atoms with Crippen LogP contribution in [0.2, 0.25) is 0 Å². The molecule has 0 bridgehead atoms. The molecule has 0 saturated carbocycles. The van der Waals surface area contributed by atoms with Crippen LogP contribution in [0.15, 0.2) is 18.2 Å². The Labute approximate surface area is 125 Å². The monoisotopic (exact) mass is 295 g/mol. The maximum Gasteiger partial charge on any atom is 0.407 e. The van der Waals surface area contributed by atoms with E-state index >= 15 is 0 Å². The number of carbonyl (C=O) groups excluding carboxylic acids is 1. The largest absolute Gasteiger partial charge is 0.444 e.